The SMILES string of the molecule is Cc1cccc(OCCN2C(=O)/C(=C\c3ccco3)Oc3ccc(N)cc32)c1. The normalized spacial score (nSPS) is 14.7. The molecule has 2 aromatic carbocycles. The van der Waals surface area contributed by atoms with Crippen LogP contribution in [0.2, 0.25) is 0 Å². The van der Waals surface area contributed by atoms with E-state index in [1.54, 1.807) is 47.6 Å². The number of hydrogen-bond acceptors (Lipinski definition) is 5. The minimum Gasteiger partial charge on any atom is -0.492 e. The molecule has 0 radical (unpaired) electrons. The number of aryl methyl sites for hydroxylation is 1. The molecule has 1 aromatic heterocycles. The number of nitrogen functional groups attached to an aromatic ring is 1. The number of carbonyl (C=O) groups is 1. The third-order valence-electron chi connectivity index (χ3n) is 4.34. The molecule has 0 saturated carbocycles. The van der Waals surface area contributed by atoms with Crippen molar-refractivity contribution in [3.63, 3.8) is 0 Å². The first kappa shape index (κ1) is 17.7. The van der Waals surface area contributed by atoms with Crippen LogP contribution in [-0.2, 0) is 4.79 Å². The molecule has 4 rings (SSSR count). The van der Waals surface area contributed by atoms with Gasteiger partial charge in [-0.25, -0.2) is 0 Å². The van der Waals surface area contributed by atoms with Crippen LogP contribution in [0.3, 0.4) is 0 Å². The van der Waals surface area contributed by atoms with Crippen molar-refractivity contribution in [2.24, 2.45) is 0 Å². The molecule has 1 amide bonds. The third kappa shape index (κ3) is 3.71. The molecule has 0 fully saturated rings. The van der Waals surface area contributed by atoms with Crippen LogP contribution in [0.4, 0.5) is 11.4 Å². The average Bonchev–Trinajstić information content (AvgIpc) is 3.18. The smallest absolute Gasteiger partial charge is 0.294 e. The zero-order valence-corrected chi connectivity index (χ0v) is 15.4. The summed E-state index contributed by atoms with van der Waals surface area (Å²) in [4.78, 5) is 14.6. The quantitative estimate of drug-likeness (QED) is 0.538. The summed E-state index contributed by atoms with van der Waals surface area (Å²) in [7, 11) is 0. The van der Waals surface area contributed by atoms with Gasteiger partial charge in [-0.2, -0.15) is 0 Å². The molecule has 28 heavy (non-hydrogen) atoms. The summed E-state index contributed by atoms with van der Waals surface area (Å²) in [6, 6.07) is 16.5. The highest BCUT2D eigenvalue weighted by atomic mass is 16.5. The maximum absolute atomic E-state index is 13.0. The maximum Gasteiger partial charge on any atom is 0.294 e. The number of ether oxygens (including phenoxy) is 2. The van der Waals surface area contributed by atoms with Gasteiger partial charge in [0.1, 0.15) is 18.1 Å². The van der Waals surface area contributed by atoms with Gasteiger partial charge in [-0.3, -0.25) is 9.69 Å². The van der Waals surface area contributed by atoms with E-state index in [1.807, 2.05) is 31.2 Å². The first-order valence-corrected chi connectivity index (χ1v) is 8.94. The van der Waals surface area contributed by atoms with Crippen LogP contribution in [-0.4, -0.2) is 19.1 Å². The first-order valence-electron chi connectivity index (χ1n) is 8.94. The lowest BCUT2D eigenvalue weighted by Gasteiger charge is -2.30. The van der Waals surface area contributed by atoms with Crippen LogP contribution in [0.5, 0.6) is 11.5 Å². The molecule has 0 unspecified atom stereocenters. The van der Waals surface area contributed by atoms with Gasteiger partial charge in [0.2, 0.25) is 0 Å². The largest absolute Gasteiger partial charge is 0.492 e. The van der Waals surface area contributed by atoms with Gasteiger partial charge in [-0.15, -0.1) is 0 Å². The van der Waals surface area contributed by atoms with E-state index in [2.05, 4.69) is 0 Å². The van der Waals surface area contributed by atoms with E-state index in [0.29, 0.717) is 36.0 Å². The van der Waals surface area contributed by atoms with Gasteiger partial charge < -0.3 is 19.6 Å². The van der Waals surface area contributed by atoms with Crippen molar-refractivity contribution in [3.8, 4) is 11.5 Å². The molecule has 0 bridgehead atoms. The van der Waals surface area contributed by atoms with Crippen molar-refractivity contribution in [3.05, 3.63) is 77.9 Å². The second-order valence-corrected chi connectivity index (χ2v) is 6.47. The summed E-state index contributed by atoms with van der Waals surface area (Å²) in [6.07, 6.45) is 3.12. The molecular weight excluding hydrogens is 356 g/mol. The van der Waals surface area contributed by atoms with E-state index in [0.717, 1.165) is 11.3 Å². The zero-order valence-electron chi connectivity index (χ0n) is 15.4. The van der Waals surface area contributed by atoms with Gasteiger partial charge in [0.15, 0.2) is 11.5 Å². The Hall–Kier alpha value is -3.67. The molecule has 1 aliphatic heterocycles. The highest BCUT2D eigenvalue weighted by Crippen LogP contribution is 2.37. The van der Waals surface area contributed by atoms with Crippen molar-refractivity contribution in [2.45, 2.75) is 6.92 Å². The Balaban J connectivity index is 1.58. The Morgan fingerprint density at radius 1 is 1.14 bits per heavy atom. The topological polar surface area (TPSA) is 77.9 Å². The van der Waals surface area contributed by atoms with Gasteiger partial charge in [-0.1, -0.05) is 12.1 Å². The number of nitrogens with zero attached hydrogens (tertiary/aromatic N) is 1. The van der Waals surface area contributed by atoms with Crippen molar-refractivity contribution >= 4 is 23.4 Å². The number of benzene rings is 2. The molecule has 0 aliphatic carbocycles. The fourth-order valence-electron chi connectivity index (χ4n) is 3.01. The molecular formula is C22H20N2O4. The lowest BCUT2D eigenvalue weighted by molar-refractivity contribution is -0.117. The Morgan fingerprint density at radius 2 is 2.04 bits per heavy atom. The Bertz CT molecular complexity index is 1020. The van der Waals surface area contributed by atoms with E-state index >= 15 is 0 Å². The predicted molar refractivity (Wildman–Crippen MR) is 107 cm³/mol. The number of furan rings is 1. The number of rotatable bonds is 5. The molecule has 0 spiro atoms. The molecule has 0 atom stereocenters. The van der Waals surface area contributed by atoms with Crippen molar-refractivity contribution in [1.29, 1.82) is 0 Å². The number of fused-ring (bicyclic) bond motifs is 1. The number of amides is 1. The summed E-state index contributed by atoms with van der Waals surface area (Å²) in [5.41, 5.74) is 8.20. The van der Waals surface area contributed by atoms with Crippen LogP contribution in [0.25, 0.3) is 6.08 Å². The summed E-state index contributed by atoms with van der Waals surface area (Å²) >= 11 is 0. The fourth-order valence-corrected chi connectivity index (χ4v) is 3.01. The summed E-state index contributed by atoms with van der Waals surface area (Å²) in [5, 5.41) is 0. The van der Waals surface area contributed by atoms with Gasteiger partial charge in [0.25, 0.3) is 5.91 Å². The van der Waals surface area contributed by atoms with Crippen LogP contribution in [0.15, 0.2) is 71.0 Å². The first-order chi connectivity index (χ1) is 13.6. The highest BCUT2D eigenvalue weighted by molar-refractivity contribution is 6.10. The minimum absolute atomic E-state index is 0.183. The zero-order chi connectivity index (χ0) is 19.5. The Kier molecular flexibility index (Phi) is 4.76. The molecule has 6 heteroatoms. The number of hydrogen-bond donors (Lipinski definition) is 1. The van der Waals surface area contributed by atoms with Crippen LogP contribution in [0, 0.1) is 6.92 Å². The second-order valence-electron chi connectivity index (χ2n) is 6.47. The van der Waals surface area contributed by atoms with Crippen molar-refractivity contribution < 1.29 is 18.7 Å². The van der Waals surface area contributed by atoms with E-state index in [4.69, 9.17) is 19.6 Å². The molecule has 2 heterocycles. The Labute approximate surface area is 162 Å². The molecule has 3 aromatic rings. The van der Waals surface area contributed by atoms with Gasteiger partial charge in [0.05, 0.1) is 18.5 Å². The van der Waals surface area contributed by atoms with Crippen LogP contribution in [0.1, 0.15) is 11.3 Å². The summed E-state index contributed by atoms with van der Waals surface area (Å²) in [6.45, 7) is 2.68. The fraction of sp³-hybridized carbons (Fsp3) is 0.136. The second kappa shape index (κ2) is 7.52. The van der Waals surface area contributed by atoms with E-state index < -0.39 is 0 Å². The molecule has 0 saturated heterocycles. The average molecular weight is 376 g/mol. The molecule has 6 nitrogen and oxygen atoms in total. The standard InChI is InChI=1S/C22H20N2O4/c1-15-4-2-5-17(12-15)27-11-9-24-19-13-16(23)7-8-20(19)28-21(22(24)25)14-18-6-3-10-26-18/h2-8,10,12-14H,9,11,23H2,1H3/b21-14+. The monoisotopic (exact) mass is 376 g/mol. The molecule has 2 N–H and O–H groups in total. The molecule has 142 valence electrons. The number of nitrogens with two attached hydrogens (primary N) is 1. The van der Waals surface area contributed by atoms with Gasteiger partial charge in [-0.05, 0) is 55.0 Å². The lowest BCUT2D eigenvalue weighted by Crippen LogP contribution is -2.40. The number of anilines is 2. The van der Waals surface area contributed by atoms with Crippen LogP contribution < -0.4 is 20.1 Å². The maximum atomic E-state index is 13.0. The van der Waals surface area contributed by atoms with Crippen molar-refractivity contribution in [1.82, 2.24) is 0 Å². The highest BCUT2D eigenvalue weighted by Gasteiger charge is 2.30. The third-order valence-corrected chi connectivity index (χ3v) is 4.34. The van der Waals surface area contributed by atoms with E-state index in [1.165, 1.54) is 0 Å². The molecule has 1 aliphatic rings. The van der Waals surface area contributed by atoms with E-state index in [-0.39, 0.29) is 11.7 Å². The van der Waals surface area contributed by atoms with E-state index in [9.17, 15) is 4.79 Å². The predicted octanol–water partition coefficient (Wildman–Crippen LogP) is 4.02. The number of carbonyl (C=O) groups excluding carboxylic acids is 1. The van der Waals surface area contributed by atoms with Crippen molar-refractivity contribution in [2.75, 3.05) is 23.8 Å². The summed E-state index contributed by atoms with van der Waals surface area (Å²) < 4.78 is 16.9. The Morgan fingerprint density at radius 3 is 2.82 bits per heavy atom. The van der Waals surface area contributed by atoms with Gasteiger partial charge in [0, 0.05) is 11.8 Å². The van der Waals surface area contributed by atoms with Crippen LogP contribution >= 0.6 is 0 Å². The minimum atomic E-state index is -0.276. The lowest BCUT2D eigenvalue weighted by atomic mass is 10.2. The van der Waals surface area contributed by atoms with Gasteiger partial charge >= 0.3 is 0 Å². The summed E-state index contributed by atoms with van der Waals surface area (Å²) in [5.74, 6) is 1.77.